The van der Waals surface area contributed by atoms with Crippen molar-refractivity contribution in [2.45, 2.75) is 103 Å². The summed E-state index contributed by atoms with van der Waals surface area (Å²) in [5, 5.41) is 11.7. The fourth-order valence-electron chi connectivity index (χ4n) is 4.25. The lowest BCUT2D eigenvalue weighted by Crippen LogP contribution is -2.57. The molecule has 0 aliphatic carbocycles. The molecule has 1 N–H and O–H groups in total. The van der Waals surface area contributed by atoms with Gasteiger partial charge in [0.15, 0.2) is 19.9 Å². The van der Waals surface area contributed by atoms with Gasteiger partial charge in [-0.1, -0.05) is 81.4 Å². The number of hydrogen-bond acceptors (Lipinski definition) is 6. The number of carbonyl (C=O) groups is 1. The minimum atomic E-state index is -2.40. The number of benzene rings is 2. The van der Waals surface area contributed by atoms with E-state index in [4.69, 9.17) is 13.9 Å². The van der Waals surface area contributed by atoms with Crippen LogP contribution < -0.4 is 0 Å². The Morgan fingerprint density at radius 1 is 1.05 bits per heavy atom. The first-order valence-electron chi connectivity index (χ1n) is 13.2. The molecule has 2 aromatic rings. The summed E-state index contributed by atoms with van der Waals surface area (Å²) in [7, 11) is -2.40. The summed E-state index contributed by atoms with van der Waals surface area (Å²) < 4.78 is 18.3. The third-order valence-electron chi connectivity index (χ3n) is 7.67. The van der Waals surface area contributed by atoms with Crippen molar-refractivity contribution < 1.29 is 23.8 Å². The topological polar surface area (TPSA) is 68.2 Å². The number of rotatable bonds is 11. The molecule has 37 heavy (non-hydrogen) atoms. The van der Waals surface area contributed by atoms with Gasteiger partial charge in [0.25, 0.3) is 0 Å². The Morgan fingerprint density at radius 2 is 1.54 bits per heavy atom. The van der Waals surface area contributed by atoms with E-state index in [1.807, 2.05) is 43.3 Å². The van der Waals surface area contributed by atoms with Gasteiger partial charge in [-0.05, 0) is 50.0 Å². The molecule has 2 aromatic carbocycles. The number of carbonyl (C=O) groups excluding carboxylic acids is 1. The third-order valence-corrected chi connectivity index (χ3v) is 12.1. The highest BCUT2D eigenvalue weighted by atomic mass is 28.4. The van der Waals surface area contributed by atoms with E-state index in [9.17, 15) is 9.90 Å². The summed E-state index contributed by atoms with van der Waals surface area (Å²) in [4.78, 5) is 16.0. The summed E-state index contributed by atoms with van der Waals surface area (Å²) in [6, 6.07) is 20.0. The van der Waals surface area contributed by atoms with Crippen molar-refractivity contribution in [3.63, 3.8) is 0 Å². The number of ether oxygens (including phenoxy) is 2. The highest BCUT2D eigenvalue weighted by molar-refractivity contribution is 6.74. The van der Waals surface area contributed by atoms with Crippen molar-refractivity contribution in [1.82, 2.24) is 4.90 Å². The smallest absolute Gasteiger partial charge is 0.194 e. The highest BCUT2D eigenvalue weighted by Gasteiger charge is 2.48. The Morgan fingerprint density at radius 3 is 1.95 bits per heavy atom. The molecular formula is C30H45NO5Si. The summed E-state index contributed by atoms with van der Waals surface area (Å²) in [6.07, 6.45) is -2.85. The minimum Gasteiger partial charge on any atom is -0.404 e. The maximum atomic E-state index is 13.8. The number of aliphatic hydroxyl groups is 1. The zero-order chi connectivity index (χ0) is 27.4. The average Bonchev–Trinajstić information content (AvgIpc) is 3.21. The molecule has 0 saturated carbocycles. The molecule has 0 aromatic heterocycles. The lowest BCUT2D eigenvalue weighted by molar-refractivity contribution is -0.161. The van der Waals surface area contributed by atoms with E-state index in [1.54, 1.807) is 13.8 Å². The molecule has 0 amide bonds. The molecule has 4 atom stereocenters. The Bertz CT molecular complexity index is 964. The van der Waals surface area contributed by atoms with Crippen LogP contribution in [0, 0.1) is 0 Å². The Labute approximate surface area is 224 Å². The van der Waals surface area contributed by atoms with Gasteiger partial charge >= 0.3 is 0 Å². The van der Waals surface area contributed by atoms with E-state index in [1.165, 1.54) is 0 Å². The van der Waals surface area contributed by atoms with Crippen molar-refractivity contribution in [2.24, 2.45) is 0 Å². The Kier molecular flexibility index (Phi) is 9.54. The van der Waals surface area contributed by atoms with Crippen molar-refractivity contribution >= 4 is 14.1 Å². The van der Waals surface area contributed by atoms with Gasteiger partial charge in [0.1, 0.15) is 18.3 Å². The summed E-state index contributed by atoms with van der Waals surface area (Å²) >= 11 is 0. The van der Waals surface area contributed by atoms with Gasteiger partial charge in [-0.2, -0.15) is 0 Å². The van der Waals surface area contributed by atoms with E-state index in [2.05, 4.69) is 63.0 Å². The largest absolute Gasteiger partial charge is 0.404 e. The fourth-order valence-corrected chi connectivity index (χ4v) is 5.49. The SMILES string of the molecule is C[C@@H]([C@H](O)[C@@H](O[Si](C)(C)C(C)(C)C)C(=O)[C@@H]1COC(C)(C)O1)N(Cc1ccccc1)Cc1ccccc1. The highest BCUT2D eigenvalue weighted by Crippen LogP contribution is 2.39. The van der Waals surface area contributed by atoms with Gasteiger partial charge in [0.05, 0.1) is 6.61 Å². The van der Waals surface area contributed by atoms with Crippen LogP contribution in [0.3, 0.4) is 0 Å². The lowest BCUT2D eigenvalue weighted by atomic mass is 9.98. The average molecular weight is 528 g/mol. The molecule has 1 heterocycles. The number of nitrogens with zero attached hydrogens (tertiary/aromatic N) is 1. The fraction of sp³-hybridized carbons (Fsp3) is 0.567. The van der Waals surface area contributed by atoms with Gasteiger partial charge in [-0.3, -0.25) is 9.69 Å². The van der Waals surface area contributed by atoms with Crippen LogP contribution in [0.1, 0.15) is 52.7 Å². The maximum Gasteiger partial charge on any atom is 0.194 e. The molecule has 0 radical (unpaired) electrons. The summed E-state index contributed by atoms with van der Waals surface area (Å²) in [5.74, 6) is -1.10. The quantitative estimate of drug-likeness (QED) is 0.387. The molecule has 0 bridgehead atoms. The van der Waals surface area contributed by atoms with Crippen molar-refractivity contribution in [3.05, 3.63) is 71.8 Å². The van der Waals surface area contributed by atoms with Crippen LogP contribution in [0.2, 0.25) is 18.1 Å². The van der Waals surface area contributed by atoms with Crippen LogP contribution in [0.5, 0.6) is 0 Å². The van der Waals surface area contributed by atoms with Crippen molar-refractivity contribution in [2.75, 3.05) is 6.61 Å². The van der Waals surface area contributed by atoms with Crippen LogP contribution >= 0.6 is 0 Å². The van der Waals surface area contributed by atoms with Crippen LogP contribution in [-0.4, -0.2) is 60.9 Å². The second kappa shape index (κ2) is 11.9. The summed E-state index contributed by atoms with van der Waals surface area (Å²) in [5.41, 5.74) is 2.28. The van der Waals surface area contributed by atoms with Gasteiger partial charge in [-0.15, -0.1) is 0 Å². The molecule has 6 nitrogen and oxygen atoms in total. The molecule has 1 fully saturated rings. The second-order valence-electron chi connectivity index (χ2n) is 12.1. The zero-order valence-corrected chi connectivity index (χ0v) is 24.7. The normalized spacial score (nSPS) is 20.5. The molecule has 1 saturated heterocycles. The first-order chi connectivity index (χ1) is 17.2. The van der Waals surface area contributed by atoms with Crippen LogP contribution in [-0.2, 0) is 31.8 Å². The molecule has 204 valence electrons. The summed E-state index contributed by atoms with van der Waals surface area (Å²) in [6.45, 7) is 17.6. The van der Waals surface area contributed by atoms with Gasteiger partial charge in [0, 0.05) is 19.1 Å². The molecule has 1 aliphatic rings. The van der Waals surface area contributed by atoms with E-state index in [-0.39, 0.29) is 23.5 Å². The molecule has 1 aliphatic heterocycles. The van der Waals surface area contributed by atoms with Crippen LogP contribution in [0.15, 0.2) is 60.7 Å². The molecule has 0 unspecified atom stereocenters. The standard InChI is InChI=1S/C30H45NO5Si/c1-22(31(19-23-15-11-9-12-16-23)20-24-17-13-10-14-18-24)26(32)28(36-37(7,8)29(2,3)4)27(33)25-21-34-30(5,6)35-25/h9-18,22,25-26,28,32H,19-21H2,1-8H3/t22-,25-,26-,28+/m0/s1. The van der Waals surface area contributed by atoms with E-state index >= 15 is 0 Å². The molecule has 0 spiro atoms. The zero-order valence-electron chi connectivity index (χ0n) is 23.7. The third kappa shape index (κ3) is 7.82. The monoisotopic (exact) mass is 527 g/mol. The predicted molar refractivity (Wildman–Crippen MR) is 150 cm³/mol. The first kappa shape index (κ1) is 29.7. The van der Waals surface area contributed by atoms with Crippen LogP contribution in [0.25, 0.3) is 0 Å². The number of aliphatic hydroxyl groups excluding tert-OH is 1. The second-order valence-corrected chi connectivity index (χ2v) is 16.9. The Hall–Kier alpha value is -1.87. The molecule has 7 heteroatoms. The van der Waals surface area contributed by atoms with E-state index in [0.717, 1.165) is 11.1 Å². The van der Waals surface area contributed by atoms with Gasteiger partial charge in [-0.25, -0.2) is 0 Å². The minimum absolute atomic E-state index is 0.130. The van der Waals surface area contributed by atoms with Crippen molar-refractivity contribution in [3.8, 4) is 0 Å². The van der Waals surface area contributed by atoms with E-state index < -0.39 is 32.4 Å². The molecule has 3 rings (SSSR count). The number of hydrogen-bond donors (Lipinski definition) is 1. The number of Topliss-reactive ketones (excluding diaryl/α,β-unsaturated/α-hetero) is 1. The van der Waals surface area contributed by atoms with Crippen molar-refractivity contribution in [1.29, 1.82) is 0 Å². The predicted octanol–water partition coefficient (Wildman–Crippen LogP) is 5.55. The molecular weight excluding hydrogens is 482 g/mol. The maximum absolute atomic E-state index is 13.8. The first-order valence-corrected chi connectivity index (χ1v) is 16.1. The van der Waals surface area contributed by atoms with Crippen LogP contribution in [0.4, 0.5) is 0 Å². The van der Waals surface area contributed by atoms with E-state index in [0.29, 0.717) is 13.1 Å². The van der Waals surface area contributed by atoms with Gasteiger partial charge in [0.2, 0.25) is 0 Å². The van der Waals surface area contributed by atoms with Gasteiger partial charge < -0.3 is 19.0 Å². The number of ketones is 1. The lowest BCUT2D eigenvalue weighted by Gasteiger charge is -2.42. The Balaban J connectivity index is 1.92.